The molecule has 0 saturated carbocycles. The number of rotatable bonds is 5. The maximum atomic E-state index is 12.0. The molecule has 0 fully saturated rings. The number of fused-ring (bicyclic) bond motifs is 1. The van der Waals surface area contributed by atoms with E-state index in [2.05, 4.69) is 15.0 Å². The zero-order valence-electron chi connectivity index (χ0n) is 14.4. The Hall–Kier alpha value is -3.20. The van der Waals surface area contributed by atoms with Crippen molar-refractivity contribution in [2.45, 2.75) is 11.8 Å². The molecule has 9 heteroatoms. The number of amides is 1. The molecule has 8 nitrogen and oxygen atoms in total. The Labute approximate surface area is 156 Å². The summed E-state index contributed by atoms with van der Waals surface area (Å²) >= 11 is 0. The first kappa shape index (κ1) is 18.6. The molecular weight excluding hydrogens is 370 g/mol. The number of aliphatic imine (C=N–C) groups is 1. The van der Waals surface area contributed by atoms with E-state index in [4.69, 9.17) is 4.74 Å². The van der Waals surface area contributed by atoms with E-state index in [1.54, 1.807) is 36.4 Å². The molecule has 2 N–H and O–H groups in total. The topological polar surface area (TPSA) is 114 Å². The van der Waals surface area contributed by atoms with E-state index in [1.165, 1.54) is 6.07 Å². The number of hydrogen-bond acceptors (Lipinski definition) is 6. The van der Waals surface area contributed by atoms with Gasteiger partial charge in [-0.1, -0.05) is 24.3 Å². The van der Waals surface area contributed by atoms with Crippen molar-refractivity contribution in [2.24, 2.45) is 4.99 Å². The van der Waals surface area contributed by atoms with Gasteiger partial charge in [-0.05, 0) is 36.8 Å². The van der Waals surface area contributed by atoms with Crippen molar-refractivity contribution in [1.82, 2.24) is 4.72 Å². The van der Waals surface area contributed by atoms with Crippen LogP contribution in [0, 0.1) is 6.92 Å². The summed E-state index contributed by atoms with van der Waals surface area (Å²) in [6.07, 6.45) is 0. The number of nitrogens with zero attached hydrogens (tertiary/aromatic N) is 1. The van der Waals surface area contributed by atoms with Crippen LogP contribution in [0.15, 0.2) is 58.4 Å². The van der Waals surface area contributed by atoms with E-state index in [0.717, 1.165) is 5.56 Å². The SMILES string of the molecule is Cc1cccc(NC(=O)COC(=O)CN=C2NS(=O)(=O)c3ccccc32)c1. The predicted molar refractivity (Wildman–Crippen MR) is 98.9 cm³/mol. The summed E-state index contributed by atoms with van der Waals surface area (Å²) in [5.41, 5.74) is 1.98. The van der Waals surface area contributed by atoms with Gasteiger partial charge < -0.3 is 10.1 Å². The molecule has 0 aromatic heterocycles. The number of carbonyl (C=O) groups excluding carboxylic acids is 2. The minimum atomic E-state index is -3.66. The van der Waals surface area contributed by atoms with Gasteiger partial charge >= 0.3 is 5.97 Å². The number of benzene rings is 2. The number of aryl methyl sites for hydroxylation is 1. The van der Waals surface area contributed by atoms with E-state index in [1.807, 2.05) is 13.0 Å². The summed E-state index contributed by atoms with van der Waals surface area (Å²) in [6, 6.07) is 13.5. The first-order valence-electron chi connectivity index (χ1n) is 8.04. The minimum Gasteiger partial charge on any atom is -0.454 e. The highest BCUT2D eigenvalue weighted by atomic mass is 32.2. The van der Waals surface area contributed by atoms with Crippen LogP contribution in [-0.4, -0.2) is 39.3 Å². The van der Waals surface area contributed by atoms with E-state index in [9.17, 15) is 18.0 Å². The summed E-state index contributed by atoms with van der Waals surface area (Å²) in [5.74, 6) is -1.15. The molecule has 0 aliphatic carbocycles. The van der Waals surface area contributed by atoms with Gasteiger partial charge in [-0.15, -0.1) is 0 Å². The Morgan fingerprint density at radius 2 is 1.93 bits per heavy atom. The molecular formula is C18H17N3O5S. The van der Waals surface area contributed by atoms with Gasteiger partial charge in [0.05, 0.1) is 4.90 Å². The quantitative estimate of drug-likeness (QED) is 0.749. The fourth-order valence-electron chi connectivity index (χ4n) is 2.51. The number of sulfonamides is 1. The smallest absolute Gasteiger partial charge is 0.328 e. The van der Waals surface area contributed by atoms with Crippen LogP contribution in [-0.2, 0) is 24.3 Å². The summed E-state index contributed by atoms with van der Waals surface area (Å²) in [7, 11) is -3.66. The summed E-state index contributed by atoms with van der Waals surface area (Å²) < 4.78 is 31.1. The van der Waals surface area contributed by atoms with Gasteiger partial charge in [0.15, 0.2) is 6.61 Å². The number of amidine groups is 1. The van der Waals surface area contributed by atoms with Crippen LogP contribution in [0.2, 0.25) is 0 Å². The van der Waals surface area contributed by atoms with Crippen LogP contribution in [0.5, 0.6) is 0 Å². The molecule has 1 amide bonds. The molecule has 27 heavy (non-hydrogen) atoms. The monoisotopic (exact) mass is 387 g/mol. The first-order chi connectivity index (χ1) is 12.8. The van der Waals surface area contributed by atoms with Gasteiger partial charge in [0.1, 0.15) is 12.4 Å². The maximum absolute atomic E-state index is 12.0. The third kappa shape index (κ3) is 4.50. The van der Waals surface area contributed by atoms with Gasteiger partial charge in [-0.2, -0.15) is 0 Å². The van der Waals surface area contributed by atoms with Crippen molar-refractivity contribution in [1.29, 1.82) is 0 Å². The third-order valence-corrected chi connectivity index (χ3v) is 5.09. The molecule has 1 aliphatic rings. The van der Waals surface area contributed by atoms with Crippen molar-refractivity contribution in [3.05, 3.63) is 59.7 Å². The van der Waals surface area contributed by atoms with Gasteiger partial charge in [0, 0.05) is 11.3 Å². The fraction of sp³-hybridized carbons (Fsp3) is 0.167. The van der Waals surface area contributed by atoms with E-state index in [-0.39, 0.29) is 10.7 Å². The minimum absolute atomic E-state index is 0.0757. The lowest BCUT2D eigenvalue weighted by molar-refractivity contribution is -0.145. The van der Waals surface area contributed by atoms with Crippen molar-refractivity contribution in [3.8, 4) is 0 Å². The third-order valence-electron chi connectivity index (χ3n) is 3.70. The molecule has 0 radical (unpaired) electrons. The lowest BCUT2D eigenvalue weighted by Crippen LogP contribution is -2.25. The van der Waals surface area contributed by atoms with Gasteiger partial charge in [-0.3, -0.25) is 19.3 Å². The van der Waals surface area contributed by atoms with Crippen molar-refractivity contribution in [2.75, 3.05) is 18.5 Å². The molecule has 3 rings (SSSR count). The average Bonchev–Trinajstić information content (AvgIpc) is 2.89. The molecule has 1 heterocycles. The Balaban J connectivity index is 1.54. The summed E-state index contributed by atoms with van der Waals surface area (Å²) in [5, 5.41) is 2.62. The average molecular weight is 387 g/mol. The van der Waals surface area contributed by atoms with Gasteiger partial charge in [0.2, 0.25) is 0 Å². The van der Waals surface area contributed by atoms with Crippen LogP contribution in [0.4, 0.5) is 5.69 Å². The fourth-order valence-corrected chi connectivity index (χ4v) is 3.76. The molecule has 0 bridgehead atoms. The van der Waals surface area contributed by atoms with E-state index >= 15 is 0 Å². The second-order valence-corrected chi connectivity index (χ2v) is 7.50. The molecule has 140 valence electrons. The number of ether oxygens (including phenoxy) is 1. The number of esters is 1. The Kier molecular flexibility index (Phi) is 5.22. The number of carbonyl (C=O) groups is 2. The van der Waals surface area contributed by atoms with E-state index in [0.29, 0.717) is 11.3 Å². The largest absolute Gasteiger partial charge is 0.454 e. The van der Waals surface area contributed by atoms with Gasteiger partial charge in [0.25, 0.3) is 15.9 Å². The molecule has 0 unspecified atom stereocenters. The van der Waals surface area contributed by atoms with Crippen molar-refractivity contribution in [3.63, 3.8) is 0 Å². The Morgan fingerprint density at radius 3 is 2.70 bits per heavy atom. The number of nitrogens with one attached hydrogen (secondary N) is 2. The highest BCUT2D eigenvalue weighted by Gasteiger charge is 2.30. The number of hydrogen-bond donors (Lipinski definition) is 2. The van der Waals surface area contributed by atoms with Crippen LogP contribution < -0.4 is 10.0 Å². The molecule has 0 spiro atoms. The second kappa shape index (κ2) is 7.58. The van der Waals surface area contributed by atoms with Crippen molar-refractivity contribution >= 4 is 33.4 Å². The van der Waals surface area contributed by atoms with Crippen LogP contribution >= 0.6 is 0 Å². The molecule has 2 aromatic carbocycles. The zero-order valence-corrected chi connectivity index (χ0v) is 15.2. The number of anilines is 1. The lowest BCUT2D eigenvalue weighted by Gasteiger charge is -2.06. The summed E-state index contributed by atoms with van der Waals surface area (Å²) in [6.45, 7) is 1.02. The molecule has 1 aliphatic heterocycles. The highest BCUT2D eigenvalue weighted by molar-refractivity contribution is 7.90. The predicted octanol–water partition coefficient (Wildman–Crippen LogP) is 1.22. The van der Waals surface area contributed by atoms with Crippen LogP contribution in [0.3, 0.4) is 0 Å². The van der Waals surface area contributed by atoms with Crippen LogP contribution in [0.25, 0.3) is 0 Å². The second-order valence-electron chi connectivity index (χ2n) is 5.84. The van der Waals surface area contributed by atoms with Gasteiger partial charge in [-0.25, -0.2) is 8.42 Å². The molecule has 0 atom stereocenters. The maximum Gasteiger partial charge on any atom is 0.328 e. The summed E-state index contributed by atoms with van der Waals surface area (Å²) in [4.78, 5) is 27.7. The van der Waals surface area contributed by atoms with E-state index < -0.39 is 35.1 Å². The zero-order chi connectivity index (χ0) is 19.4. The highest BCUT2D eigenvalue weighted by Crippen LogP contribution is 2.22. The first-order valence-corrected chi connectivity index (χ1v) is 9.52. The normalized spacial score (nSPS) is 15.7. The Morgan fingerprint density at radius 1 is 1.15 bits per heavy atom. The molecule has 0 saturated heterocycles. The van der Waals surface area contributed by atoms with Crippen LogP contribution in [0.1, 0.15) is 11.1 Å². The molecule has 2 aromatic rings. The Bertz CT molecular complexity index is 1030. The van der Waals surface area contributed by atoms with Crippen molar-refractivity contribution < 1.29 is 22.7 Å². The standard InChI is InChI=1S/C18H17N3O5S/c1-12-5-4-6-13(9-12)20-16(22)11-26-17(23)10-19-18-14-7-2-3-8-15(14)27(24,25)21-18/h2-9H,10-11H2,1H3,(H,19,21)(H,20,22). The lowest BCUT2D eigenvalue weighted by atomic mass is 10.2.